The molecule has 3 aromatic rings. The molecule has 36 heavy (non-hydrogen) atoms. The SMILES string of the molecule is CCCCCCCCCCOc1cnccc1-c1ccc(C(F)(F)F)c(Cl)c1C(=O)c1ccccc1. The summed E-state index contributed by atoms with van der Waals surface area (Å²) in [6.07, 6.45) is 7.57. The van der Waals surface area contributed by atoms with E-state index in [9.17, 15) is 18.0 Å². The summed E-state index contributed by atoms with van der Waals surface area (Å²) in [4.78, 5) is 17.5. The molecule has 2 aromatic carbocycles. The molecule has 0 aliphatic rings. The number of carbonyl (C=O) groups excluding carboxylic acids is 1. The van der Waals surface area contributed by atoms with Gasteiger partial charge in [-0.15, -0.1) is 0 Å². The summed E-state index contributed by atoms with van der Waals surface area (Å²) in [5.41, 5.74) is -0.270. The van der Waals surface area contributed by atoms with Crippen molar-refractivity contribution in [1.29, 1.82) is 0 Å². The van der Waals surface area contributed by atoms with Crippen molar-refractivity contribution in [3.63, 3.8) is 0 Å². The molecular formula is C29H31ClF3NO2. The van der Waals surface area contributed by atoms with Gasteiger partial charge in [0.05, 0.1) is 23.4 Å². The van der Waals surface area contributed by atoms with E-state index in [1.807, 2.05) is 0 Å². The molecule has 0 fully saturated rings. The molecular weight excluding hydrogens is 487 g/mol. The van der Waals surface area contributed by atoms with Gasteiger partial charge in [0.2, 0.25) is 0 Å². The van der Waals surface area contributed by atoms with Gasteiger partial charge in [-0.3, -0.25) is 9.78 Å². The quantitative estimate of drug-likeness (QED) is 0.167. The first kappa shape index (κ1) is 27.7. The lowest BCUT2D eigenvalue weighted by Crippen LogP contribution is -2.12. The van der Waals surface area contributed by atoms with Crippen molar-refractivity contribution in [3.8, 4) is 16.9 Å². The first-order valence-electron chi connectivity index (χ1n) is 12.4. The van der Waals surface area contributed by atoms with Crippen LogP contribution in [0.2, 0.25) is 5.02 Å². The number of unbranched alkanes of at least 4 members (excludes halogenated alkanes) is 7. The second-order valence-electron chi connectivity index (χ2n) is 8.74. The zero-order valence-corrected chi connectivity index (χ0v) is 21.2. The van der Waals surface area contributed by atoms with Gasteiger partial charge in [-0.1, -0.05) is 99.9 Å². The molecule has 0 amide bonds. The number of hydrogen-bond donors (Lipinski definition) is 0. The topological polar surface area (TPSA) is 39.2 Å². The van der Waals surface area contributed by atoms with Crippen molar-refractivity contribution in [2.24, 2.45) is 0 Å². The van der Waals surface area contributed by atoms with Crippen LogP contribution in [0.25, 0.3) is 11.1 Å². The summed E-state index contributed by atoms with van der Waals surface area (Å²) in [5, 5.41) is -0.625. The number of hydrogen-bond acceptors (Lipinski definition) is 3. The average molecular weight is 518 g/mol. The van der Waals surface area contributed by atoms with Crippen LogP contribution in [0, 0.1) is 0 Å². The maximum atomic E-state index is 13.6. The fraction of sp³-hybridized carbons (Fsp3) is 0.379. The molecule has 3 nitrogen and oxygen atoms in total. The van der Waals surface area contributed by atoms with E-state index in [1.165, 1.54) is 50.6 Å². The van der Waals surface area contributed by atoms with Crippen molar-refractivity contribution in [2.75, 3.05) is 6.61 Å². The van der Waals surface area contributed by atoms with Gasteiger partial charge in [-0.25, -0.2) is 0 Å². The fourth-order valence-corrected chi connectivity index (χ4v) is 4.47. The highest BCUT2D eigenvalue weighted by molar-refractivity contribution is 6.36. The average Bonchev–Trinajstić information content (AvgIpc) is 2.87. The third-order valence-electron chi connectivity index (χ3n) is 6.04. The lowest BCUT2D eigenvalue weighted by atomic mass is 9.92. The van der Waals surface area contributed by atoms with Crippen molar-refractivity contribution in [1.82, 2.24) is 4.98 Å². The maximum Gasteiger partial charge on any atom is 0.417 e. The van der Waals surface area contributed by atoms with Crippen LogP contribution >= 0.6 is 11.6 Å². The second kappa shape index (κ2) is 13.4. The molecule has 192 valence electrons. The van der Waals surface area contributed by atoms with E-state index in [4.69, 9.17) is 16.3 Å². The number of rotatable bonds is 13. The van der Waals surface area contributed by atoms with E-state index in [0.29, 0.717) is 17.9 Å². The summed E-state index contributed by atoms with van der Waals surface area (Å²) in [6.45, 7) is 2.65. The number of benzene rings is 2. The lowest BCUT2D eigenvalue weighted by Gasteiger charge is -2.18. The Bertz CT molecular complexity index is 1130. The molecule has 1 aromatic heterocycles. The first-order valence-corrected chi connectivity index (χ1v) is 12.8. The van der Waals surface area contributed by atoms with Crippen LogP contribution in [0.4, 0.5) is 13.2 Å². The number of pyridine rings is 1. The lowest BCUT2D eigenvalue weighted by molar-refractivity contribution is -0.137. The molecule has 0 aliphatic carbocycles. The molecule has 1 heterocycles. The number of aromatic nitrogens is 1. The Morgan fingerprint density at radius 1 is 0.889 bits per heavy atom. The van der Waals surface area contributed by atoms with Gasteiger partial charge in [0.25, 0.3) is 0 Å². The number of alkyl halides is 3. The molecule has 0 bridgehead atoms. The number of carbonyl (C=O) groups is 1. The fourth-order valence-electron chi connectivity index (χ4n) is 4.11. The molecule has 0 spiro atoms. The van der Waals surface area contributed by atoms with Crippen LogP contribution < -0.4 is 4.74 Å². The Hall–Kier alpha value is -2.86. The number of nitrogens with zero attached hydrogens (tertiary/aromatic N) is 1. The standard InChI is InChI=1S/C29H31ClF3NO2/c1-2-3-4-5-6-7-8-12-19-36-25-20-34-18-17-22(25)23-15-16-24(29(31,32)33)27(30)26(23)28(35)21-13-10-9-11-14-21/h9-11,13-18,20H,2-8,12,19H2,1H3. The smallest absolute Gasteiger partial charge is 0.417 e. The zero-order chi connectivity index (χ0) is 26.0. The molecule has 0 radical (unpaired) electrons. The predicted octanol–water partition coefficient (Wildman–Crippen LogP) is 9.17. The Labute approximate surface area is 215 Å². The highest BCUT2D eigenvalue weighted by Gasteiger charge is 2.36. The molecule has 0 aliphatic heterocycles. The first-order chi connectivity index (χ1) is 17.3. The molecule has 0 atom stereocenters. The van der Waals surface area contributed by atoms with Gasteiger partial charge < -0.3 is 4.74 Å². The van der Waals surface area contributed by atoms with Gasteiger partial charge in [0.1, 0.15) is 5.75 Å². The summed E-state index contributed by atoms with van der Waals surface area (Å²) in [6, 6.07) is 11.9. The van der Waals surface area contributed by atoms with Crippen molar-refractivity contribution >= 4 is 17.4 Å². The largest absolute Gasteiger partial charge is 0.491 e. The molecule has 3 rings (SSSR count). The summed E-state index contributed by atoms with van der Waals surface area (Å²) in [5.74, 6) is -0.189. The Morgan fingerprint density at radius 2 is 1.56 bits per heavy atom. The summed E-state index contributed by atoms with van der Waals surface area (Å²) >= 11 is 6.26. The number of ketones is 1. The third-order valence-corrected chi connectivity index (χ3v) is 6.43. The van der Waals surface area contributed by atoms with Crippen LogP contribution in [0.15, 0.2) is 60.9 Å². The predicted molar refractivity (Wildman–Crippen MR) is 138 cm³/mol. The van der Waals surface area contributed by atoms with E-state index in [0.717, 1.165) is 25.3 Å². The van der Waals surface area contributed by atoms with Crippen molar-refractivity contribution in [2.45, 2.75) is 64.5 Å². The van der Waals surface area contributed by atoms with Crippen LogP contribution in [-0.2, 0) is 6.18 Å². The minimum absolute atomic E-state index is 0.208. The van der Waals surface area contributed by atoms with Gasteiger partial charge in [-0.05, 0) is 24.1 Å². The third kappa shape index (κ3) is 7.33. The molecule has 7 heteroatoms. The van der Waals surface area contributed by atoms with Gasteiger partial charge in [-0.2, -0.15) is 13.2 Å². The zero-order valence-electron chi connectivity index (χ0n) is 20.4. The Balaban J connectivity index is 1.85. The van der Waals surface area contributed by atoms with Gasteiger partial charge >= 0.3 is 6.18 Å². The Morgan fingerprint density at radius 3 is 2.22 bits per heavy atom. The second-order valence-corrected chi connectivity index (χ2v) is 9.12. The van der Waals surface area contributed by atoms with Crippen LogP contribution in [-0.4, -0.2) is 17.4 Å². The Kier molecular flexibility index (Phi) is 10.4. The van der Waals surface area contributed by atoms with Crippen LogP contribution in [0.1, 0.15) is 79.8 Å². The molecule has 0 unspecified atom stereocenters. The number of ether oxygens (including phenoxy) is 1. The maximum absolute atomic E-state index is 13.6. The monoisotopic (exact) mass is 517 g/mol. The van der Waals surface area contributed by atoms with Crippen molar-refractivity contribution in [3.05, 3.63) is 82.6 Å². The van der Waals surface area contributed by atoms with Crippen molar-refractivity contribution < 1.29 is 22.7 Å². The van der Waals surface area contributed by atoms with E-state index in [-0.39, 0.29) is 16.7 Å². The van der Waals surface area contributed by atoms with E-state index < -0.39 is 22.5 Å². The van der Waals surface area contributed by atoms with E-state index in [1.54, 1.807) is 36.4 Å². The van der Waals surface area contributed by atoms with Gasteiger partial charge in [0.15, 0.2) is 5.78 Å². The normalized spacial score (nSPS) is 11.5. The highest BCUT2D eigenvalue weighted by atomic mass is 35.5. The highest BCUT2D eigenvalue weighted by Crippen LogP contribution is 2.42. The van der Waals surface area contributed by atoms with E-state index >= 15 is 0 Å². The van der Waals surface area contributed by atoms with Gasteiger partial charge in [0, 0.05) is 22.9 Å². The van der Waals surface area contributed by atoms with Crippen LogP contribution in [0.5, 0.6) is 5.75 Å². The molecule has 0 N–H and O–H groups in total. The molecule has 0 saturated carbocycles. The van der Waals surface area contributed by atoms with E-state index in [2.05, 4.69) is 11.9 Å². The minimum Gasteiger partial charge on any atom is -0.491 e. The van der Waals surface area contributed by atoms with Crippen LogP contribution in [0.3, 0.4) is 0 Å². The molecule has 0 saturated heterocycles. The summed E-state index contributed by atoms with van der Waals surface area (Å²) < 4.78 is 46.9. The number of halogens is 4. The minimum atomic E-state index is -4.70. The summed E-state index contributed by atoms with van der Waals surface area (Å²) in [7, 11) is 0.